The van der Waals surface area contributed by atoms with Crippen LogP contribution >= 0.6 is 27.5 Å². The number of carbonyl (C=O) groups excluding carboxylic acids is 1. The topological polar surface area (TPSA) is 56.0 Å². The van der Waals surface area contributed by atoms with Gasteiger partial charge in [0.1, 0.15) is 0 Å². The SMILES string of the molecule is CC1CC(=O)c2ccc(-c3ncc(Br)cc3N)c(Cl)c21. The van der Waals surface area contributed by atoms with E-state index in [1.165, 1.54) is 0 Å². The zero-order valence-electron chi connectivity index (χ0n) is 10.8. The number of halogens is 2. The van der Waals surface area contributed by atoms with E-state index in [4.69, 9.17) is 17.3 Å². The van der Waals surface area contributed by atoms with Gasteiger partial charge in [0, 0.05) is 28.2 Å². The van der Waals surface area contributed by atoms with Crippen LogP contribution in [0, 0.1) is 0 Å². The highest BCUT2D eigenvalue weighted by molar-refractivity contribution is 9.10. The maximum atomic E-state index is 11.9. The van der Waals surface area contributed by atoms with Crippen molar-refractivity contribution in [1.82, 2.24) is 4.98 Å². The van der Waals surface area contributed by atoms with Crippen molar-refractivity contribution in [3.63, 3.8) is 0 Å². The molecule has 3 rings (SSSR count). The molecule has 20 heavy (non-hydrogen) atoms. The smallest absolute Gasteiger partial charge is 0.163 e. The molecule has 102 valence electrons. The fraction of sp³-hybridized carbons (Fsp3) is 0.200. The van der Waals surface area contributed by atoms with Crippen molar-refractivity contribution >= 4 is 39.0 Å². The number of hydrogen-bond donors (Lipinski definition) is 1. The molecule has 0 aliphatic heterocycles. The normalized spacial score (nSPS) is 17.4. The van der Waals surface area contributed by atoms with Crippen molar-refractivity contribution in [3.8, 4) is 11.3 Å². The van der Waals surface area contributed by atoms with Gasteiger partial charge in [-0.05, 0) is 33.5 Å². The number of pyridine rings is 1. The van der Waals surface area contributed by atoms with Gasteiger partial charge in [-0.1, -0.05) is 30.7 Å². The molecule has 2 aromatic rings. The molecule has 1 aromatic heterocycles. The number of carbonyl (C=O) groups is 1. The van der Waals surface area contributed by atoms with Gasteiger partial charge in [0.2, 0.25) is 0 Å². The summed E-state index contributed by atoms with van der Waals surface area (Å²) in [5.41, 5.74) is 9.63. The summed E-state index contributed by atoms with van der Waals surface area (Å²) >= 11 is 9.84. The number of rotatable bonds is 1. The van der Waals surface area contributed by atoms with E-state index in [0.717, 1.165) is 21.2 Å². The standard InChI is InChI=1S/C15H12BrClN2O/c1-7-4-12(20)9-2-3-10(14(17)13(7)9)15-11(18)5-8(16)6-19-15/h2-3,5-7H,4,18H2,1H3. The van der Waals surface area contributed by atoms with Crippen molar-refractivity contribution in [3.05, 3.63) is 45.0 Å². The third-order valence-corrected chi connectivity index (χ3v) is 4.44. The molecule has 0 saturated heterocycles. The van der Waals surface area contributed by atoms with E-state index in [1.807, 2.05) is 19.1 Å². The van der Waals surface area contributed by atoms with Crippen LogP contribution in [0.25, 0.3) is 11.3 Å². The maximum Gasteiger partial charge on any atom is 0.163 e. The second-order valence-corrected chi connectivity index (χ2v) is 6.30. The van der Waals surface area contributed by atoms with Gasteiger partial charge in [0.15, 0.2) is 5.78 Å². The predicted octanol–water partition coefficient (Wildman–Crippen LogP) is 4.44. The first-order valence-corrected chi connectivity index (χ1v) is 7.43. The van der Waals surface area contributed by atoms with Crippen LogP contribution in [0.5, 0.6) is 0 Å². The number of benzene rings is 1. The first-order chi connectivity index (χ1) is 9.49. The van der Waals surface area contributed by atoms with E-state index in [-0.39, 0.29) is 11.7 Å². The number of nitrogens with zero attached hydrogens (tertiary/aromatic N) is 1. The number of anilines is 1. The molecule has 0 amide bonds. The average molecular weight is 352 g/mol. The fourth-order valence-electron chi connectivity index (χ4n) is 2.67. The molecule has 5 heteroatoms. The molecule has 1 aromatic carbocycles. The number of nitrogen functional groups attached to an aromatic ring is 1. The third kappa shape index (κ3) is 2.03. The van der Waals surface area contributed by atoms with Crippen LogP contribution < -0.4 is 5.73 Å². The summed E-state index contributed by atoms with van der Waals surface area (Å²) < 4.78 is 0.819. The number of aromatic nitrogens is 1. The third-order valence-electron chi connectivity index (χ3n) is 3.60. The van der Waals surface area contributed by atoms with E-state index in [0.29, 0.717) is 22.8 Å². The number of nitrogens with two attached hydrogens (primary N) is 1. The number of hydrogen-bond acceptors (Lipinski definition) is 3. The highest BCUT2D eigenvalue weighted by Gasteiger charge is 2.30. The lowest BCUT2D eigenvalue weighted by Gasteiger charge is -2.12. The van der Waals surface area contributed by atoms with Gasteiger partial charge >= 0.3 is 0 Å². The Labute approximate surface area is 130 Å². The summed E-state index contributed by atoms with van der Waals surface area (Å²) in [5.74, 6) is 0.291. The van der Waals surface area contributed by atoms with E-state index >= 15 is 0 Å². The van der Waals surface area contributed by atoms with E-state index in [2.05, 4.69) is 20.9 Å². The second kappa shape index (κ2) is 4.86. The van der Waals surface area contributed by atoms with Crippen LogP contribution in [-0.4, -0.2) is 10.8 Å². The summed E-state index contributed by atoms with van der Waals surface area (Å²) in [6, 6.07) is 5.44. The molecule has 0 radical (unpaired) electrons. The van der Waals surface area contributed by atoms with Crippen LogP contribution in [0.1, 0.15) is 35.2 Å². The highest BCUT2D eigenvalue weighted by atomic mass is 79.9. The molecule has 2 N–H and O–H groups in total. The van der Waals surface area contributed by atoms with Gasteiger partial charge in [0.05, 0.1) is 16.4 Å². The Balaban J connectivity index is 2.22. The van der Waals surface area contributed by atoms with E-state index < -0.39 is 0 Å². The maximum absolute atomic E-state index is 11.9. The molecule has 1 aliphatic rings. The van der Waals surface area contributed by atoms with Crippen molar-refractivity contribution in [2.75, 3.05) is 5.73 Å². The van der Waals surface area contributed by atoms with Crippen LogP contribution in [0.15, 0.2) is 28.9 Å². The Morgan fingerprint density at radius 2 is 2.10 bits per heavy atom. The minimum Gasteiger partial charge on any atom is -0.397 e. The molecule has 1 aliphatic carbocycles. The summed E-state index contributed by atoms with van der Waals surface area (Å²) in [7, 11) is 0. The predicted molar refractivity (Wildman–Crippen MR) is 84.2 cm³/mol. The lowest BCUT2D eigenvalue weighted by molar-refractivity contribution is 0.0990. The minimum atomic E-state index is 0.140. The molecule has 0 bridgehead atoms. The van der Waals surface area contributed by atoms with E-state index in [9.17, 15) is 4.79 Å². The monoisotopic (exact) mass is 350 g/mol. The van der Waals surface area contributed by atoms with Gasteiger partial charge < -0.3 is 5.73 Å². The summed E-state index contributed by atoms with van der Waals surface area (Å²) in [5, 5.41) is 0.586. The van der Waals surface area contributed by atoms with Crippen LogP contribution in [-0.2, 0) is 0 Å². The molecule has 3 nitrogen and oxygen atoms in total. The fourth-order valence-corrected chi connectivity index (χ4v) is 3.46. The molecule has 1 heterocycles. The summed E-state index contributed by atoms with van der Waals surface area (Å²) in [6.45, 7) is 2.01. The van der Waals surface area contributed by atoms with Crippen molar-refractivity contribution in [2.24, 2.45) is 0 Å². The Morgan fingerprint density at radius 3 is 2.80 bits per heavy atom. The number of fused-ring (bicyclic) bond motifs is 1. The minimum absolute atomic E-state index is 0.140. The van der Waals surface area contributed by atoms with Gasteiger partial charge in [-0.25, -0.2) is 0 Å². The Morgan fingerprint density at radius 1 is 1.40 bits per heavy atom. The van der Waals surface area contributed by atoms with Crippen LogP contribution in [0.3, 0.4) is 0 Å². The number of Topliss-reactive ketones (excluding diaryl/α,β-unsaturated/α-hetero) is 1. The first-order valence-electron chi connectivity index (χ1n) is 6.26. The molecular formula is C15H12BrClN2O. The molecule has 0 saturated carbocycles. The molecule has 0 fully saturated rings. The van der Waals surface area contributed by atoms with Gasteiger partial charge in [0.25, 0.3) is 0 Å². The quantitative estimate of drug-likeness (QED) is 0.826. The Hall–Kier alpha value is -1.39. The first kappa shape index (κ1) is 13.6. The van der Waals surface area contributed by atoms with Crippen LogP contribution in [0.4, 0.5) is 5.69 Å². The second-order valence-electron chi connectivity index (χ2n) is 5.01. The molecule has 1 unspecified atom stereocenters. The lowest BCUT2D eigenvalue weighted by atomic mass is 9.98. The molecular weight excluding hydrogens is 340 g/mol. The summed E-state index contributed by atoms with van der Waals surface area (Å²) in [6.07, 6.45) is 2.20. The Bertz CT molecular complexity index is 730. The zero-order valence-corrected chi connectivity index (χ0v) is 13.1. The zero-order chi connectivity index (χ0) is 14.4. The molecule has 1 atom stereocenters. The van der Waals surface area contributed by atoms with Gasteiger partial charge in [-0.15, -0.1) is 0 Å². The van der Waals surface area contributed by atoms with E-state index in [1.54, 1.807) is 12.3 Å². The largest absolute Gasteiger partial charge is 0.397 e. The van der Waals surface area contributed by atoms with Crippen molar-refractivity contribution < 1.29 is 4.79 Å². The number of ketones is 1. The summed E-state index contributed by atoms with van der Waals surface area (Å²) in [4.78, 5) is 16.2. The van der Waals surface area contributed by atoms with Crippen molar-refractivity contribution in [1.29, 1.82) is 0 Å². The lowest BCUT2D eigenvalue weighted by Crippen LogP contribution is -1.97. The average Bonchev–Trinajstić information content (AvgIpc) is 2.67. The van der Waals surface area contributed by atoms with Crippen LogP contribution in [0.2, 0.25) is 5.02 Å². The molecule has 0 spiro atoms. The Kier molecular flexibility index (Phi) is 3.30. The van der Waals surface area contributed by atoms with Gasteiger partial charge in [-0.2, -0.15) is 0 Å². The highest BCUT2D eigenvalue weighted by Crippen LogP contribution is 2.43. The van der Waals surface area contributed by atoms with Crippen molar-refractivity contribution in [2.45, 2.75) is 19.3 Å². The van der Waals surface area contributed by atoms with Gasteiger partial charge in [-0.3, -0.25) is 9.78 Å².